The Bertz CT molecular complexity index is 406. The first kappa shape index (κ1) is 14.3. The van der Waals surface area contributed by atoms with Gasteiger partial charge in [-0.05, 0) is 25.1 Å². The third-order valence-electron chi connectivity index (χ3n) is 2.49. The van der Waals surface area contributed by atoms with Gasteiger partial charge in [0.05, 0.1) is 24.5 Å². The Kier molecular flexibility index (Phi) is 5.45. The Hall–Kier alpha value is -1.75. The third kappa shape index (κ3) is 3.92. The molecule has 0 aromatic heterocycles. The molecule has 5 heteroatoms. The number of hydrogen-bond acceptors (Lipinski definition) is 5. The predicted molar refractivity (Wildman–Crippen MR) is 68.8 cm³/mol. The molecule has 18 heavy (non-hydrogen) atoms. The first-order chi connectivity index (χ1) is 8.58. The highest BCUT2D eigenvalue weighted by Crippen LogP contribution is 2.24. The Morgan fingerprint density at radius 3 is 2.67 bits per heavy atom. The summed E-state index contributed by atoms with van der Waals surface area (Å²) in [5.74, 6) is 0.145. The number of methoxy groups -OCH3 is 2. The van der Waals surface area contributed by atoms with E-state index in [1.165, 1.54) is 7.11 Å². The lowest BCUT2D eigenvalue weighted by molar-refractivity contribution is 0.0600. The molecule has 2 N–H and O–H groups in total. The van der Waals surface area contributed by atoms with Crippen LogP contribution in [0, 0.1) is 0 Å². The van der Waals surface area contributed by atoms with Crippen molar-refractivity contribution in [3.05, 3.63) is 23.8 Å². The molecule has 1 unspecified atom stereocenters. The number of ether oxygens (including phenoxy) is 3. The molecular weight excluding hydrogens is 234 g/mol. The summed E-state index contributed by atoms with van der Waals surface area (Å²) in [6, 6.07) is 4.84. The number of nitrogens with two attached hydrogens (primary N) is 1. The third-order valence-corrected chi connectivity index (χ3v) is 2.49. The van der Waals surface area contributed by atoms with E-state index in [2.05, 4.69) is 4.74 Å². The number of carbonyl (C=O) groups excluding carboxylic acids is 1. The van der Waals surface area contributed by atoms with Gasteiger partial charge >= 0.3 is 5.97 Å². The molecule has 1 rings (SSSR count). The minimum atomic E-state index is -0.416. The van der Waals surface area contributed by atoms with Crippen LogP contribution in [0.15, 0.2) is 18.2 Å². The Labute approximate surface area is 107 Å². The van der Waals surface area contributed by atoms with Gasteiger partial charge in [-0.1, -0.05) is 0 Å². The molecule has 0 radical (unpaired) electrons. The maximum Gasteiger partial charge on any atom is 0.337 e. The van der Waals surface area contributed by atoms with E-state index in [1.54, 1.807) is 25.3 Å². The molecule has 100 valence electrons. The van der Waals surface area contributed by atoms with Crippen LogP contribution >= 0.6 is 0 Å². The van der Waals surface area contributed by atoms with E-state index < -0.39 is 5.97 Å². The number of benzene rings is 1. The van der Waals surface area contributed by atoms with Crippen LogP contribution < -0.4 is 10.5 Å². The van der Waals surface area contributed by atoms with Crippen molar-refractivity contribution in [1.29, 1.82) is 0 Å². The number of anilines is 1. The van der Waals surface area contributed by atoms with E-state index in [-0.39, 0.29) is 6.10 Å². The van der Waals surface area contributed by atoms with Gasteiger partial charge in [0.1, 0.15) is 5.75 Å². The Morgan fingerprint density at radius 2 is 2.11 bits per heavy atom. The van der Waals surface area contributed by atoms with Crippen molar-refractivity contribution in [2.45, 2.75) is 19.4 Å². The summed E-state index contributed by atoms with van der Waals surface area (Å²) >= 11 is 0. The molecule has 0 bridgehead atoms. The summed E-state index contributed by atoms with van der Waals surface area (Å²) in [5.41, 5.74) is 6.65. The molecule has 0 fully saturated rings. The van der Waals surface area contributed by atoms with Crippen LogP contribution in [0.1, 0.15) is 23.7 Å². The van der Waals surface area contributed by atoms with Crippen molar-refractivity contribution < 1.29 is 19.0 Å². The summed E-state index contributed by atoms with van der Waals surface area (Å²) < 4.78 is 15.2. The SMILES string of the molecule is COCCC(C)Oc1ccc(C(=O)OC)cc1N. The lowest BCUT2D eigenvalue weighted by Gasteiger charge is -2.16. The molecular formula is C13H19NO4. The van der Waals surface area contributed by atoms with E-state index >= 15 is 0 Å². The highest BCUT2D eigenvalue weighted by molar-refractivity contribution is 5.90. The minimum Gasteiger partial charge on any atom is -0.488 e. The van der Waals surface area contributed by atoms with E-state index in [0.717, 1.165) is 6.42 Å². The van der Waals surface area contributed by atoms with Gasteiger partial charge in [0.2, 0.25) is 0 Å². The number of nitrogen functional groups attached to an aromatic ring is 1. The molecule has 0 saturated heterocycles. The molecule has 5 nitrogen and oxygen atoms in total. The van der Waals surface area contributed by atoms with Crippen molar-refractivity contribution in [3.8, 4) is 5.75 Å². The Balaban J connectivity index is 2.70. The number of esters is 1. The fourth-order valence-electron chi connectivity index (χ4n) is 1.46. The fourth-order valence-corrected chi connectivity index (χ4v) is 1.46. The van der Waals surface area contributed by atoms with Crippen molar-refractivity contribution in [1.82, 2.24) is 0 Å². The van der Waals surface area contributed by atoms with Gasteiger partial charge in [0, 0.05) is 20.1 Å². The van der Waals surface area contributed by atoms with Crippen molar-refractivity contribution in [2.75, 3.05) is 26.6 Å². The fraction of sp³-hybridized carbons (Fsp3) is 0.462. The summed E-state index contributed by atoms with van der Waals surface area (Å²) in [6.07, 6.45) is 0.769. The minimum absolute atomic E-state index is 0.00349. The standard InChI is InChI=1S/C13H19NO4/c1-9(6-7-16-2)18-12-5-4-10(8-11(12)14)13(15)17-3/h4-5,8-9H,6-7,14H2,1-3H3. The van der Waals surface area contributed by atoms with Crippen LogP contribution in [0.4, 0.5) is 5.69 Å². The number of hydrogen-bond donors (Lipinski definition) is 1. The predicted octanol–water partition coefficient (Wildman–Crippen LogP) is 1.86. The first-order valence-corrected chi connectivity index (χ1v) is 5.72. The van der Waals surface area contributed by atoms with Crippen LogP contribution in [0.25, 0.3) is 0 Å². The van der Waals surface area contributed by atoms with Crippen molar-refractivity contribution in [3.63, 3.8) is 0 Å². The van der Waals surface area contributed by atoms with Crippen LogP contribution in [0.5, 0.6) is 5.75 Å². The maximum atomic E-state index is 11.3. The second-order valence-electron chi connectivity index (χ2n) is 3.95. The van der Waals surface area contributed by atoms with Gasteiger partial charge in [-0.15, -0.1) is 0 Å². The van der Waals surface area contributed by atoms with Gasteiger partial charge < -0.3 is 19.9 Å². The van der Waals surface area contributed by atoms with Crippen molar-refractivity contribution in [2.24, 2.45) is 0 Å². The molecule has 0 spiro atoms. The average Bonchev–Trinajstić information content (AvgIpc) is 2.37. The molecule has 1 aromatic carbocycles. The van der Waals surface area contributed by atoms with Gasteiger partial charge in [-0.3, -0.25) is 0 Å². The quantitative estimate of drug-likeness (QED) is 0.619. The summed E-state index contributed by atoms with van der Waals surface area (Å²) in [4.78, 5) is 11.3. The zero-order valence-corrected chi connectivity index (χ0v) is 10.9. The van der Waals surface area contributed by atoms with Gasteiger partial charge in [-0.25, -0.2) is 4.79 Å². The van der Waals surface area contributed by atoms with Crippen LogP contribution in [0.2, 0.25) is 0 Å². The van der Waals surface area contributed by atoms with E-state index in [1.807, 2.05) is 6.92 Å². The van der Waals surface area contributed by atoms with Gasteiger partial charge in [-0.2, -0.15) is 0 Å². The molecule has 0 aliphatic heterocycles. The molecule has 0 amide bonds. The molecule has 1 aromatic rings. The highest BCUT2D eigenvalue weighted by atomic mass is 16.5. The molecule has 0 heterocycles. The van der Waals surface area contributed by atoms with E-state index in [4.69, 9.17) is 15.2 Å². The second kappa shape index (κ2) is 6.86. The smallest absolute Gasteiger partial charge is 0.337 e. The lowest BCUT2D eigenvalue weighted by atomic mass is 10.2. The summed E-state index contributed by atoms with van der Waals surface area (Å²) in [5, 5.41) is 0. The van der Waals surface area contributed by atoms with Gasteiger partial charge in [0.15, 0.2) is 0 Å². The van der Waals surface area contributed by atoms with Crippen LogP contribution in [-0.2, 0) is 9.47 Å². The number of carbonyl (C=O) groups is 1. The normalized spacial score (nSPS) is 11.9. The van der Waals surface area contributed by atoms with Crippen molar-refractivity contribution >= 4 is 11.7 Å². The molecule has 0 saturated carbocycles. The highest BCUT2D eigenvalue weighted by Gasteiger charge is 2.11. The number of rotatable bonds is 6. The summed E-state index contributed by atoms with van der Waals surface area (Å²) in [7, 11) is 2.97. The lowest BCUT2D eigenvalue weighted by Crippen LogP contribution is -2.15. The van der Waals surface area contributed by atoms with Gasteiger partial charge in [0.25, 0.3) is 0 Å². The average molecular weight is 253 g/mol. The van der Waals surface area contributed by atoms with Crippen LogP contribution in [-0.4, -0.2) is 32.9 Å². The molecule has 1 atom stereocenters. The first-order valence-electron chi connectivity index (χ1n) is 5.72. The van der Waals surface area contributed by atoms with E-state index in [0.29, 0.717) is 23.6 Å². The zero-order valence-electron chi connectivity index (χ0n) is 10.9. The van der Waals surface area contributed by atoms with Crippen LogP contribution in [0.3, 0.4) is 0 Å². The Morgan fingerprint density at radius 1 is 1.39 bits per heavy atom. The topological polar surface area (TPSA) is 70.8 Å². The monoisotopic (exact) mass is 253 g/mol. The largest absolute Gasteiger partial charge is 0.488 e. The van der Waals surface area contributed by atoms with E-state index in [9.17, 15) is 4.79 Å². The zero-order chi connectivity index (χ0) is 13.5. The molecule has 0 aliphatic carbocycles. The summed E-state index contributed by atoms with van der Waals surface area (Å²) in [6.45, 7) is 2.56. The maximum absolute atomic E-state index is 11.3. The second-order valence-corrected chi connectivity index (χ2v) is 3.95. The molecule has 0 aliphatic rings.